The Hall–Kier alpha value is -5.50. The molecule has 3 saturated heterocycles. The highest BCUT2D eigenvalue weighted by molar-refractivity contribution is 5.98. The molecule has 1 aromatic carbocycles. The number of carbonyl (C=O) groups excluding carboxylic acids is 8. The molecular weight excluding hydrogens is 981 g/mol. The number of carbonyl (C=O) groups is 8. The maximum Gasteiger partial charge on any atom is 0.248 e. The lowest BCUT2D eigenvalue weighted by Gasteiger charge is -2.33. The summed E-state index contributed by atoms with van der Waals surface area (Å²) in [7, 11) is 0. The predicted molar refractivity (Wildman–Crippen MR) is 269 cm³/mol. The number of fused-ring (bicyclic) bond motifs is 2. The number of phenolic OH excluding ortho intramolecular Hbond substituents is 1. The molecule has 1 aromatic rings. The Labute approximate surface area is 437 Å². The van der Waals surface area contributed by atoms with Crippen LogP contribution in [0.4, 0.5) is 0 Å². The van der Waals surface area contributed by atoms with Gasteiger partial charge in [0.2, 0.25) is 47.3 Å². The zero-order chi connectivity index (χ0) is 55.8. The van der Waals surface area contributed by atoms with Crippen LogP contribution in [0.3, 0.4) is 0 Å². The van der Waals surface area contributed by atoms with E-state index >= 15 is 0 Å². The number of nitrogens with one attached hydrogen (secondary N) is 5. The molecule has 0 aromatic heterocycles. The molecule has 8 amide bonds. The van der Waals surface area contributed by atoms with E-state index in [4.69, 9.17) is 5.73 Å². The van der Waals surface area contributed by atoms with Crippen LogP contribution in [0.1, 0.15) is 136 Å². The first kappa shape index (κ1) is 62.0. The summed E-state index contributed by atoms with van der Waals surface area (Å²) in [5.74, 6) is -8.67. The molecule has 75 heavy (non-hydrogen) atoms. The van der Waals surface area contributed by atoms with Crippen LogP contribution in [-0.2, 0) is 38.4 Å². The standard InChI is InChI=1S/C51H82N8O16/c1-6-26(2)19-27(3)13-11-9-7-8-10-12-14-40(67)53-33-22-38(65)48(72)57-49(73)43-44(68)28(4)24-59(43)51(75)42(37(64)23-39(52)66)56-46(70)34(21-36(63)30-15-17-31(61)18-16-30)54-47(71)35-20-32(62)25-58(35)50(74)41(29(5)60)55-45(33)69/h15-18,26-29,32-38,41-44,48,60-65,68,72H,6-14,19-25H2,1-5H3,(H2,52,66)(H,53,67)(H,54,71)(H,55,69)(H,56,70)(H,57,73)/t26?,27?,28-,29+,32+,33+,34?,35?,36-,37+,38+,41?,42?,43?,44-,48+/m0/s1. The Morgan fingerprint density at radius 2 is 1.36 bits per heavy atom. The first-order valence-corrected chi connectivity index (χ1v) is 26.3. The largest absolute Gasteiger partial charge is 0.508 e. The van der Waals surface area contributed by atoms with Gasteiger partial charge in [-0.2, -0.15) is 0 Å². The molecule has 0 bridgehead atoms. The zero-order valence-electron chi connectivity index (χ0n) is 43.7. The van der Waals surface area contributed by atoms with E-state index in [0.29, 0.717) is 24.7 Å². The lowest BCUT2D eigenvalue weighted by Crippen LogP contribution is -2.62. The molecule has 24 nitrogen and oxygen atoms in total. The van der Waals surface area contributed by atoms with Gasteiger partial charge in [0.1, 0.15) is 48.1 Å². The summed E-state index contributed by atoms with van der Waals surface area (Å²) >= 11 is 0. The van der Waals surface area contributed by atoms with Crippen molar-refractivity contribution in [1.29, 1.82) is 0 Å². The van der Waals surface area contributed by atoms with Gasteiger partial charge in [0.05, 0.1) is 36.9 Å². The van der Waals surface area contributed by atoms with Crippen molar-refractivity contribution in [3.63, 3.8) is 0 Å². The van der Waals surface area contributed by atoms with Gasteiger partial charge in [-0.15, -0.1) is 0 Å². The van der Waals surface area contributed by atoms with E-state index < -0.39 is 171 Å². The molecule has 24 heteroatoms. The summed E-state index contributed by atoms with van der Waals surface area (Å²) in [6, 6.07) is -6.05. The first-order valence-electron chi connectivity index (χ1n) is 26.3. The van der Waals surface area contributed by atoms with Crippen LogP contribution in [0.25, 0.3) is 0 Å². The second-order valence-corrected chi connectivity index (χ2v) is 21.0. The van der Waals surface area contributed by atoms with Gasteiger partial charge in [-0.05, 0) is 49.3 Å². The lowest BCUT2D eigenvalue weighted by molar-refractivity contribution is -0.148. The van der Waals surface area contributed by atoms with Gasteiger partial charge >= 0.3 is 0 Å². The number of amides is 8. The summed E-state index contributed by atoms with van der Waals surface area (Å²) in [5, 5.41) is 99.7. The van der Waals surface area contributed by atoms with Gasteiger partial charge in [0.15, 0.2) is 6.23 Å². The summed E-state index contributed by atoms with van der Waals surface area (Å²) < 4.78 is 0. The number of benzene rings is 1. The second-order valence-electron chi connectivity index (χ2n) is 21.0. The Kier molecular flexibility index (Phi) is 24.1. The lowest BCUT2D eigenvalue weighted by atomic mass is 9.91. The molecule has 3 fully saturated rings. The number of rotatable bonds is 20. The van der Waals surface area contributed by atoms with Crippen LogP contribution in [0.2, 0.25) is 0 Å². The number of primary amides is 1. The Bertz CT molecular complexity index is 2100. The van der Waals surface area contributed by atoms with Crippen molar-refractivity contribution in [2.24, 2.45) is 23.5 Å². The van der Waals surface area contributed by atoms with Crippen molar-refractivity contribution in [2.75, 3.05) is 13.1 Å². The van der Waals surface area contributed by atoms with E-state index in [9.17, 15) is 79.2 Å². The van der Waals surface area contributed by atoms with Gasteiger partial charge in [0.25, 0.3) is 0 Å². The summed E-state index contributed by atoms with van der Waals surface area (Å²) in [6.45, 7) is 8.37. The fourth-order valence-electron chi connectivity index (χ4n) is 9.96. The van der Waals surface area contributed by atoms with E-state index in [1.807, 2.05) is 0 Å². The normalized spacial score (nSPS) is 29.6. The number of nitrogens with two attached hydrogens (primary N) is 1. The highest BCUT2D eigenvalue weighted by atomic mass is 16.3. The topological polar surface area (TPSA) is 391 Å². The Balaban J connectivity index is 1.69. The molecule has 3 aliphatic heterocycles. The Morgan fingerprint density at radius 1 is 0.747 bits per heavy atom. The fourth-order valence-corrected chi connectivity index (χ4v) is 9.96. The highest BCUT2D eigenvalue weighted by Gasteiger charge is 2.50. The average Bonchev–Trinajstić information content (AvgIpc) is 3.89. The maximum absolute atomic E-state index is 14.5. The maximum atomic E-state index is 14.5. The number of hydrogen-bond donors (Lipinski definition) is 14. The minimum atomic E-state index is -2.26. The zero-order valence-corrected chi connectivity index (χ0v) is 43.7. The number of nitrogens with zero attached hydrogens (tertiary/aromatic N) is 2. The van der Waals surface area contributed by atoms with Crippen LogP contribution in [0.15, 0.2) is 24.3 Å². The number of aliphatic hydroxyl groups excluding tert-OH is 7. The van der Waals surface area contributed by atoms with Crippen LogP contribution in [0, 0.1) is 17.8 Å². The molecule has 15 N–H and O–H groups in total. The number of aromatic hydroxyl groups is 1. The molecule has 16 atom stereocenters. The molecule has 3 heterocycles. The highest BCUT2D eigenvalue weighted by Crippen LogP contribution is 2.28. The van der Waals surface area contributed by atoms with Gasteiger partial charge < -0.3 is 83.0 Å². The fraction of sp³-hybridized carbons (Fsp3) is 0.725. The molecule has 0 radical (unpaired) electrons. The number of phenols is 1. The molecular formula is C51H82N8O16. The quantitative estimate of drug-likeness (QED) is 0.0624. The summed E-state index contributed by atoms with van der Waals surface area (Å²) in [5.41, 5.74) is 5.50. The van der Waals surface area contributed by atoms with E-state index in [2.05, 4.69) is 47.4 Å². The van der Waals surface area contributed by atoms with Gasteiger partial charge in [-0.3, -0.25) is 38.4 Å². The molecule has 7 unspecified atom stereocenters. The van der Waals surface area contributed by atoms with Crippen LogP contribution in [-0.4, -0.2) is 184 Å². The van der Waals surface area contributed by atoms with E-state index in [-0.39, 0.29) is 17.7 Å². The molecule has 0 saturated carbocycles. The summed E-state index contributed by atoms with van der Waals surface area (Å²) in [4.78, 5) is 113. The third kappa shape index (κ3) is 18.1. The van der Waals surface area contributed by atoms with E-state index in [1.54, 1.807) is 0 Å². The molecule has 4 rings (SSSR count). The average molecular weight is 1060 g/mol. The van der Waals surface area contributed by atoms with Gasteiger partial charge in [-0.25, -0.2) is 0 Å². The third-order valence-electron chi connectivity index (χ3n) is 14.6. The first-order chi connectivity index (χ1) is 35.3. The van der Waals surface area contributed by atoms with Crippen molar-refractivity contribution in [1.82, 2.24) is 36.4 Å². The Morgan fingerprint density at radius 3 is 1.99 bits per heavy atom. The predicted octanol–water partition coefficient (Wildman–Crippen LogP) is -2.07. The monoisotopic (exact) mass is 1060 g/mol. The molecule has 3 aliphatic rings. The SMILES string of the molecule is CCC(C)CC(C)CCCCCCCCC(=O)N[C@@H]1C[C@@H](O)[C@@H](O)NC(=O)C2[C@@H](O)[C@@H](C)CN2C(=O)C([C@H](O)CC(N)=O)NC(=O)C(C[C@H](O)c2ccc(O)cc2)NC(=O)C2C[C@@H](O)CN2C(=O)C([C@@H](C)O)NC1=O. The number of hydrogen-bond acceptors (Lipinski definition) is 16. The number of aliphatic hydroxyl groups is 7. The second kappa shape index (κ2) is 29.1. The number of unbranched alkanes of at least 4 members (excludes halogenated alkanes) is 5. The van der Waals surface area contributed by atoms with Crippen molar-refractivity contribution >= 4 is 47.3 Å². The van der Waals surface area contributed by atoms with Crippen LogP contribution in [0.5, 0.6) is 5.75 Å². The van der Waals surface area contributed by atoms with Crippen molar-refractivity contribution in [2.45, 2.75) is 204 Å². The van der Waals surface area contributed by atoms with E-state index in [0.717, 1.165) is 55.2 Å². The third-order valence-corrected chi connectivity index (χ3v) is 14.6. The van der Waals surface area contributed by atoms with Crippen LogP contribution >= 0.6 is 0 Å². The molecule has 0 spiro atoms. The smallest absolute Gasteiger partial charge is 0.248 e. The van der Waals surface area contributed by atoms with E-state index in [1.165, 1.54) is 37.6 Å². The molecule has 0 aliphatic carbocycles. The minimum absolute atomic E-state index is 0.0621. The summed E-state index contributed by atoms with van der Waals surface area (Å²) in [6.07, 6.45) is -7.18. The van der Waals surface area contributed by atoms with Crippen LogP contribution < -0.4 is 32.3 Å². The molecule has 422 valence electrons. The van der Waals surface area contributed by atoms with Crippen molar-refractivity contribution < 1.29 is 79.2 Å². The van der Waals surface area contributed by atoms with Gasteiger partial charge in [0, 0.05) is 44.7 Å². The minimum Gasteiger partial charge on any atom is -0.508 e. The van der Waals surface area contributed by atoms with Gasteiger partial charge in [-0.1, -0.05) is 84.8 Å². The van der Waals surface area contributed by atoms with Crippen molar-refractivity contribution in [3.8, 4) is 5.75 Å². The van der Waals surface area contributed by atoms with Crippen molar-refractivity contribution in [3.05, 3.63) is 29.8 Å².